The van der Waals surface area contributed by atoms with Gasteiger partial charge in [-0.05, 0) is 60.9 Å². The number of alkyl halides is 1. The molecule has 38 heavy (non-hydrogen) atoms. The molecule has 4 rings (SSSR count). The minimum Gasteiger partial charge on any atom is -0.390 e. The fraction of sp³-hybridized carbons (Fsp3) is 0.483. The summed E-state index contributed by atoms with van der Waals surface area (Å²) in [5.41, 5.74) is -0.309. The molecule has 2 heterocycles. The standard InChI is InChI=1S/C29H34Cl2FN3O3/c1-16(7-6-8-18(31)15-32)23-24(25(36)33-19-12-28(5,38)13-19)35-22(14-27(2,3)4)29(23)20-10-9-17(30)11-21(20)34-26(29)37/h6-11,19,22-23,38H,1,12-15H2,2-5H3,(H,33,36)(H,34,37)/b7-6-,18-8+/t19?,22-,23+,28?,29+/m1/s1. The molecule has 3 N–H and O–H groups in total. The van der Waals surface area contributed by atoms with Gasteiger partial charge < -0.3 is 15.7 Å². The number of nitrogens with one attached hydrogen (secondary N) is 2. The van der Waals surface area contributed by atoms with E-state index in [1.165, 1.54) is 6.08 Å². The summed E-state index contributed by atoms with van der Waals surface area (Å²) in [6.07, 6.45) is 6.01. The Balaban J connectivity index is 1.84. The highest BCUT2D eigenvalue weighted by atomic mass is 35.5. The molecule has 9 heteroatoms. The van der Waals surface area contributed by atoms with Crippen LogP contribution in [0.25, 0.3) is 0 Å². The molecule has 2 amide bonds. The highest BCUT2D eigenvalue weighted by Gasteiger charge is 2.64. The van der Waals surface area contributed by atoms with E-state index in [-0.39, 0.29) is 28.1 Å². The predicted molar refractivity (Wildman–Crippen MR) is 151 cm³/mol. The summed E-state index contributed by atoms with van der Waals surface area (Å²) in [6, 6.07) is 4.48. The maximum absolute atomic E-state index is 14.0. The molecule has 1 aromatic rings. The fourth-order valence-electron chi connectivity index (χ4n) is 5.92. The Labute approximate surface area is 233 Å². The maximum atomic E-state index is 14.0. The van der Waals surface area contributed by atoms with Crippen LogP contribution in [0.4, 0.5) is 10.1 Å². The summed E-state index contributed by atoms with van der Waals surface area (Å²) in [5, 5.41) is 16.6. The highest BCUT2D eigenvalue weighted by molar-refractivity contribution is 6.42. The summed E-state index contributed by atoms with van der Waals surface area (Å²) in [7, 11) is 0. The number of aliphatic imine (C=N–C) groups is 1. The normalized spacial score (nSPS) is 30.7. The number of allylic oxidation sites excluding steroid dienone is 5. The SMILES string of the molecule is C=C(/C=C\C=C(\Cl)CF)[C@H]1C(C(=O)NC2CC(C)(O)C2)=N[C@H](CC(C)(C)C)[C@]12C(=O)Nc1cc(Cl)ccc12. The molecule has 1 aromatic carbocycles. The van der Waals surface area contributed by atoms with E-state index in [1.54, 1.807) is 31.2 Å². The van der Waals surface area contributed by atoms with Gasteiger partial charge in [-0.1, -0.05) is 68.8 Å². The van der Waals surface area contributed by atoms with Gasteiger partial charge in [0.05, 0.1) is 17.6 Å². The second-order valence-electron chi connectivity index (χ2n) is 12.0. The first-order valence-electron chi connectivity index (χ1n) is 12.7. The summed E-state index contributed by atoms with van der Waals surface area (Å²) >= 11 is 12.1. The molecule has 3 atom stereocenters. The van der Waals surface area contributed by atoms with Crippen molar-refractivity contribution in [2.45, 2.75) is 70.1 Å². The first-order valence-corrected chi connectivity index (χ1v) is 13.4. The number of hydrogen-bond acceptors (Lipinski definition) is 4. The van der Waals surface area contributed by atoms with E-state index in [9.17, 15) is 19.1 Å². The van der Waals surface area contributed by atoms with E-state index in [1.807, 2.05) is 6.07 Å². The van der Waals surface area contributed by atoms with Crippen LogP contribution >= 0.6 is 23.2 Å². The highest BCUT2D eigenvalue weighted by Crippen LogP contribution is 2.55. The molecule has 0 aromatic heterocycles. The van der Waals surface area contributed by atoms with Crippen LogP contribution in [0.15, 0.2) is 58.6 Å². The number of fused-ring (bicyclic) bond motifs is 2. The van der Waals surface area contributed by atoms with E-state index in [4.69, 9.17) is 28.2 Å². The van der Waals surface area contributed by atoms with E-state index in [2.05, 4.69) is 38.0 Å². The zero-order valence-corrected chi connectivity index (χ0v) is 23.6. The van der Waals surface area contributed by atoms with E-state index < -0.39 is 35.6 Å². The zero-order valence-electron chi connectivity index (χ0n) is 22.1. The fourth-order valence-corrected chi connectivity index (χ4v) is 6.17. The number of halogens is 3. The Morgan fingerprint density at radius 2 is 2.05 bits per heavy atom. The Bertz CT molecular complexity index is 1260. The average molecular weight is 563 g/mol. The number of rotatable bonds is 7. The van der Waals surface area contributed by atoms with E-state index in [0.29, 0.717) is 41.1 Å². The van der Waals surface area contributed by atoms with Crippen molar-refractivity contribution in [2.24, 2.45) is 16.3 Å². The van der Waals surface area contributed by atoms with Crippen molar-refractivity contribution in [3.05, 3.63) is 64.2 Å². The minimum absolute atomic E-state index is 0.0167. The van der Waals surface area contributed by atoms with E-state index >= 15 is 0 Å². The van der Waals surface area contributed by atoms with Crippen LogP contribution in [0, 0.1) is 11.3 Å². The third kappa shape index (κ3) is 5.33. The Morgan fingerprint density at radius 3 is 2.66 bits per heavy atom. The molecule has 2 aliphatic heterocycles. The van der Waals surface area contributed by atoms with Crippen molar-refractivity contribution >= 4 is 46.4 Å². The lowest BCUT2D eigenvalue weighted by Crippen LogP contribution is -2.56. The van der Waals surface area contributed by atoms with Gasteiger partial charge in [-0.25, -0.2) is 4.39 Å². The third-order valence-corrected chi connectivity index (χ3v) is 7.89. The van der Waals surface area contributed by atoms with Gasteiger partial charge in [0.1, 0.15) is 17.8 Å². The van der Waals surface area contributed by atoms with Crippen LogP contribution in [0.2, 0.25) is 5.02 Å². The molecule has 0 radical (unpaired) electrons. The predicted octanol–water partition coefficient (Wildman–Crippen LogP) is 5.64. The molecule has 6 nitrogen and oxygen atoms in total. The molecular formula is C29H34Cl2FN3O3. The number of anilines is 1. The van der Waals surface area contributed by atoms with Crippen molar-refractivity contribution < 1.29 is 19.1 Å². The third-order valence-electron chi connectivity index (χ3n) is 7.43. The second-order valence-corrected chi connectivity index (χ2v) is 12.9. The quantitative estimate of drug-likeness (QED) is 0.376. The van der Waals surface area contributed by atoms with Gasteiger partial charge in [0.2, 0.25) is 5.91 Å². The van der Waals surface area contributed by atoms with E-state index in [0.717, 1.165) is 0 Å². The van der Waals surface area contributed by atoms with Crippen LogP contribution in [-0.4, -0.2) is 47.0 Å². The lowest BCUT2D eigenvalue weighted by atomic mass is 9.62. The number of aliphatic hydroxyl groups is 1. The summed E-state index contributed by atoms with van der Waals surface area (Å²) in [4.78, 5) is 32.7. The monoisotopic (exact) mass is 561 g/mol. The Kier molecular flexibility index (Phi) is 7.69. The largest absolute Gasteiger partial charge is 0.390 e. The van der Waals surface area contributed by atoms with Crippen molar-refractivity contribution in [3.8, 4) is 0 Å². The van der Waals surface area contributed by atoms with Crippen LogP contribution < -0.4 is 10.6 Å². The molecular weight excluding hydrogens is 528 g/mol. The molecule has 0 bridgehead atoms. The van der Waals surface area contributed by atoms with Gasteiger partial charge in [-0.2, -0.15) is 0 Å². The summed E-state index contributed by atoms with van der Waals surface area (Å²) in [6.45, 7) is 11.4. The number of nitrogens with zero attached hydrogens (tertiary/aromatic N) is 1. The van der Waals surface area contributed by atoms with Gasteiger partial charge in [-0.15, -0.1) is 0 Å². The first-order chi connectivity index (χ1) is 17.7. The van der Waals surface area contributed by atoms with Crippen LogP contribution in [-0.2, 0) is 15.0 Å². The van der Waals surface area contributed by atoms with Crippen LogP contribution in [0.1, 0.15) is 52.5 Å². The lowest BCUT2D eigenvalue weighted by Gasteiger charge is -2.41. The van der Waals surface area contributed by atoms with Gasteiger partial charge in [0, 0.05) is 21.8 Å². The molecule has 1 aliphatic carbocycles. The smallest absolute Gasteiger partial charge is 0.266 e. The molecule has 1 spiro atoms. The van der Waals surface area contributed by atoms with Crippen molar-refractivity contribution in [1.82, 2.24) is 5.32 Å². The molecule has 1 saturated carbocycles. The van der Waals surface area contributed by atoms with Gasteiger partial charge in [0.15, 0.2) is 0 Å². The summed E-state index contributed by atoms with van der Waals surface area (Å²) < 4.78 is 12.9. The molecule has 0 unspecified atom stereocenters. The molecule has 204 valence electrons. The molecule has 1 fully saturated rings. The number of carbonyl (C=O) groups excluding carboxylic acids is 2. The van der Waals surface area contributed by atoms with Crippen molar-refractivity contribution in [2.75, 3.05) is 12.0 Å². The van der Waals surface area contributed by atoms with Gasteiger partial charge >= 0.3 is 0 Å². The maximum Gasteiger partial charge on any atom is 0.266 e. The Morgan fingerprint density at radius 1 is 1.37 bits per heavy atom. The topological polar surface area (TPSA) is 90.8 Å². The van der Waals surface area contributed by atoms with Crippen LogP contribution in [0.5, 0.6) is 0 Å². The second kappa shape index (κ2) is 10.2. The lowest BCUT2D eigenvalue weighted by molar-refractivity contribution is -0.122. The number of hydrogen-bond donors (Lipinski definition) is 3. The van der Waals surface area contributed by atoms with Crippen LogP contribution in [0.3, 0.4) is 0 Å². The Hall–Kier alpha value is -2.48. The molecule has 3 aliphatic rings. The summed E-state index contributed by atoms with van der Waals surface area (Å²) in [5.74, 6) is -1.47. The van der Waals surface area contributed by atoms with Crippen molar-refractivity contribution in [1.29, 1.82) is 0 Å². The first kappa shape index (κ1) is 28.5. The zero-order chi connectivity index (χ0) is 28.0. The van der Waals surface area contributed by atoms with Gasteiger partial charge in [0.25, 0.3) is 5.91 Å². The number of benzene rings is 1. The number of amides is 2. The molecule has 0 saturated heterocycles. The minimum atomic E-state index is -1.24. The number of carbonyl (C=O) groups is 2. The van der Waals surface area contributed by atoms with Crippen molar-refractivity contribution in [3.63, 3.8) is 0 Å². The van der Waals surface area contributed by atoms with Gasteiger partial charge in [-0.3, -0.25) is 14.6 Å². The average Bonchev–Trinajstić information content (AvgIpc) is 3.26.